The number of aryl methyl sites for hydroxylation is 1. The molecule has 0 amide bonds. The van der Waals surface area contributed by atoms with Gasteiger partial charge in [-0.05, 0) is 41.8 Å². The summed E-state index contributed by atoms with van der Waals surface area (Å²) in [5.41, 5.74) is 1.32. The summed E-state index contributed by atoms with van der Waals surface area (Å²) in [4.78, 5) is 0. The van der Waals surface area contributed by atoms with Crippen LogP contribution >= 0.6 is 0 Å². The van der Waals surface area contributed by atoms with Crippen molar-refractivity contribution in [3.63, 3.8) is 0 Å². The van der Waals surface area contributed by atoms with Crippen LogP contribution in [0.3, 0.4) is 0 Å². The Morgan fingerprint density at radius 1 is 1.15 bits per heavy atom. The van der Waals surface area contributed by atoms with Crippen LogP contribution in [0.1, 0.15) is 18.9 Å². The summed E-state index contributed by atoms with van der Waals surface area (Å²) in [5.74, 6) is 0.471. The number of hydrogen-bond acceptors (Lipinski definition) is 3. The third kappa shape index (κ3) is 2.65. The Morgan fingerprint density at radius 2 is 1.95 bits per heavy atom. The highest BCUT2D eigenvalue weighted by Gasteiger charge is 2.30. The van der Waals surface area contributed by atoms with Crippen molar-refractivity contribution < 1.29 is 14.2 Å². The molecule has 0 N–H and O–H groups in total. The second kappa shape index (κ2) is 5.43. The lowest BCUT2D eigenvalue weighted by atomic mass is 9.98. The van der Waals surface area contributed by atoms with E-state index in [1.807, 2.05) is 13.0 Å². The van der Waals surface area contributed by atoms with E-state index < -0.39 is 5.79 Å². The van der Waals surface area contributed by atoms with Gasteiger partial charge in [-0.25, -0.2) is 0 Å². The predicted molar refractivity (Wildman–Crippen MR) is 79.1 cm³/mol. The van der Waals surface area contributed by atoms with Gasteiger partial charge < -0.3 is 14.2 Å². The van der Waals surface area contributed by atoms with Crippen molar-refractivity contribution in [3.05, 3.63) is 42.0 Å². The number of hydrogen-bond donors (Lipinski definition) is 0. The molecule has 0 spiro atoms. The summed E-state index contributed by atoms with van der Waals surface area (Å²) >= 11 is 0. The average molecular weight is 272 g/mol. The molecular weight excluding hydrogens is 252 g/mol. The molecule has 3 nitrogen and oxygen atoms in total. The van der Waals surface area contributed by atoms with Gasteiger partial charge in [0.15, 0.2) is 5.79 Å². The van der Waals surface area contributed by atoms with Gasteiger partial charge in [-0.1, -0.05) is 24.3 Å². The maximum atomic E-state index is 5.67. The van der Waals surface area contributed by atoms with Crippen molar-refractivity contribution in [1.29, 1.82) is 0 Å². The molecule has 0 unspecified atom stereocenters. The third-order valence-corrected chi connectivity index (χ3v) is 3.92. The van der Waals surface area contributed by atoms with Gasteiger partial charge in [-0.15, -0.1) is 0 Å². The summed E-state index contributed by atoms with van der Waals surface area (Å²) in [5, 5.41) is 2.48. The molecule has 0 radical (unpaired) electrons. The van der Waals surface area contributed by atoms with Crippen LogP contribution in [-0.4, -0.2) is 26.1 Å². The number of fused-ring (bicyclic) bond motifs is 1. The Balaban J connectivity index is 1.84. The molecule has 106 valence electrons. The zero-order valence-corrected chi connectivity index (χ0v) is 12.0. The molecule has 1 saturated heterocycles. The van der Waals surface area contributed by atoms with Gasteiger partial charge in [0, 0.05) is 6.42 Å². The lowest BCUT2D eigenvalue weighted by Gasteiger charge is -2.22. The first-order valence-electron chi connectivity index (χ1n) is 7.04. The molecular formula is C17H20O3. The van der Waals surface area contributed by atoms with Gasteiger partial charge in [-0.3, -0.25) is 0 Å². The maximum absolute atomic E-state index is 5.67. The topological polar surface area (TPSA) is 27.7 Å². The molecule has 2 aromatic carbocycles. The Labute approximate surface area is 119 Å². The lowest BCUT2D eigenvalue weighted by molar-refractivity contribution is -0.146. The van der Waals surface area contributed by atoms with E-state index in [0.717, 1.165) is 18.6 Å². The number of methoxy groups -OCH3 is 1. The van der Waals surface area contributed by atoms with E-state index in [2.05, 4.69) is 30.3 Å². The molecule has 3 heteroatoms. The van der Waals surface area contributed by atoms with Crippen LogP contribution in [0.25, 0.3) is 10.8 Å². The fourth-order valence-electron chi connectivity index (χ4n) is 2.74. The van der Waals surface area contributed by atoms with Gasteiger partial charge in [0.1, 0.15) is 5.75 Å². The van der Waals surface area contributed by atoms with Crippen molar-refractivity contribution in [2.24, 2.45) is 0 Å². The van der Waals surface area contributed by atoms with Gasteiger partial charge in [0.25, 0.3) is 0 Å². The number of rotatable bonds is 4. The van der Waals surface area contributed by atoms with E-state index in [1.165, 1.54) is 16.3 Å². The van der Waals surface area contributed by atoms with Gasteiger partial charge in [-0.2, -0.15) is 0 Å². The van der Waals surface area contributed by atoms with Crippen LogP contribution in [0.4, 0.5) is 0 Å². The monoisotopic (exact) mass is 272 g/mol. The van der Waals surface area contributed by atoms with Crippen molar-refractivity contribution in [2.75, 3.05) is 20.3 Å². The standard InChI is InChI=1S/C17H20O3/c1-17(19-10-11-20-17)9-8-13-4-3-5-14-12-15(18-2)6-7-16(13)14/h3-7,12H,8-11H2,1-2H3. The van der Waals surface area contributed by atoms with Crippen molar-refractivity contribution in [1.82, 2.24) is 0 Å². The summed E-state index contributed by atoms with van der Waals surface area (Å²) in [6.07, 6.45) is 1.82. The van der Waals surface area contributed by atoms with Crippen LogP contribution < -0.4 is 4.74 Å². The van der Waals surface area contributed by atoms with Crippen LogP contribution in [0.2, 0.25) is 0 Å². The summed E-state index contributed by atoms with van der Waals surface area (Å²) < 4.78 is 16.6. The maximum Gasteiger partial charge on any atom is 0.166 e. The van der Waals surface area contributed by atoms with E-state index in [0.29, 0.717) is 13.2 Å². The molecule has 0 atom stereocenters. The molecule has 1 heterocycles. The zero-order chi connectivity index (χ0) is 14.0. The molecule has 3 rings (SSSR count). The fraction of sp³-hybridized carbons (Fsp3) is 0.412. The fourth-order valence-corrected chi connectivity index (χ4v) is 2.74. The second-order valence-corrected chi connectivity index (χ2v) is 5.33. The van der Waals surface area contributed by atoms with Crippen molar-refractivity contribution >= 4 is 10.8 Å². The van der Waals surface area contributed by atoms with E-state index in [9.17, 15) is 0 Å². The Hall–Kier alpha value is -1.58. The van der Waals surface area contributed by atoms with Crippen LogP contribution in [0.5, 0.6) is 5.75 Å². The normalized spacial score (nSPS) is 17.5. The van der Waals surface area contributed by atoms with Gasteiger partial charge in [0.05, 0.1) is 20.3 Å². The summed E-state index contributed by atoms with van der Waals surface area (Å²) in [7, 11) is 1.70. The zero-order valence-electron chi connectivity index (χ0n) is 12.0. The molecule has 0 aliphatic carbocycles. The molecule has 0 aromatic heterocycles. The highest BCUT2D eigenvalue weighted by atomic mass is 16.7. The molecule has 0 saturated carbocycles. The molecule has 20 heavy (non-hydrogen) atoms. The highest BCUT2D eigenvalue weighted by Crippen LogP contribution is 2.28. The van der Waals surface area contributed by atoms with Crippen LogP contribution in [0.15, 0.2) is 36.4 Å². The minimum absolute atomic E-state index is 0.422. The largest absolute Gasteiger partial charge is 0.497 e. The van der Waals surface area contributed by atoms with E-state index in [1.54, 1.807) is 7.11 Å². The first-order chi connectivity index (χ1) is 9.70. The first-order valence-corrected chi connectivity index (χ1v) is 7.04. The third-order valence-electron chi connectivity index (χ3n) is 3.92. The minimum atomic E-state index is -0.422. The lowest BCUT2D eigenvalue weighted by Crippen LogP contribution is -2.26. The number of ether oxygens (including phenoxy) is 3. The number of benzene rings is 2. The Morgan fingerprint density at radius 3 is 2.70 bits per heavy atom. The Bertz CT molecular complexity index is 600. The van der Waals surface area contributed by atoms with Gasteiger partial charge in [0.2, 0.25) is 0 Å². The van der Waals surface area contributed by atoms with Crippen molar-refractivity contribution in [3.8, 4) is 5.75 Å². The van der Waals surface area contributed by atoms with Gasteiger partial charge >= 0.3 is 0 Å². The highest BCUT2D eigenvalue weighted by molar-refractivity contribution is 5.87. The van der Waals surface area contributed by atoms with Crippen LogP contribution in [-0.2, 0) is 15.9 Å². The van der Waals surface area contributed by atoms with E-state index >= 15 is 0 Å². The van der Waals surface area contributed by atoms with E-state index in [4.69, 9.17) is 14.2 Å². The quantitative estimate of drug-likeness (QED) is 0.852. The molecule has 2 aromatic rings. The molecule has 1 aliphatic heterocycles. The molecule has 1 fully saturated rings. The SMILES string of the molecule is COc1ccc2c(CCC3(C)OCCO3)cccc2c1. The van der Waals surface area contributed by atoms with Crippen molar-refractivity contribution in [2.45, 2.75) is 25.6 Å². The molecule has 1 aliphatic rings. The van der Waals surface area contributed by atoms with Crippen LogP contribution in [0, 0.1) is 0 Å². The predicted octanol–water partition coefficient (Wildman–Crippen LogP) is 3.54. The molecule has 0 bridgehead atoms. The first kappa shape index (κ1) is 13.4. The Kier molecular flexibility index (Phi) is 3.64. The summed E-state index contributed by atoms with van der Waals surface area (Å²) in [6, 6.07) is 12.6. The smallest absolute Gasteiger partial charge is 0.166 e. The summed E-state index contributed by atoms with van der Waals surface area (Å²) in [6.45, 7) is 3.42. The minimum Gasteiger partial charge on any atom is -0.497 e. The average Bonchev–Trinajstić information content (AvgIpc) is 2.91. The van der Waals surface area contributed by atoms with E-state index in [-0.39, 0.29) is 0 Å². The second-order valence-electron chi connectivity index (χ2n) is 5.33.